The number of benzene rings is 3. The Morgan fingerprint density at radius 3 is 2.59 bits per heavy atom. The van der Waals surface area contributed by atoms with Crippen LogP contribution in [0, 0.1) is 24.0 Å². The highest BCUT2D eigenvalue weighted by molar-refractivity contribution is 6.06. The second-order valence-corrected chi connectivity index (χ2v) is 8.09. The number of hydrogen-bond donors (Lipinski definition) is 1. The van der Waals surface area contributed by atoms with E-state index in [2.05, 4.69) is 24.1 Å². The van der Waals surface area contributed by atoms with Gasteiger partial charge in [-0.25, -0.2) is 4.98 Å². The van der Waals surface area contributed by atoms with Crippen LogP contribution in [0.1, 0.15) is 46.8 Å². The molecule has 32 heavy (non-hydrogen) atoms. The van der Waals surface area contributed by atoms with E-state index in [1.807, 2.05) is 37.3 Å². The molecule has 0 bridgehead atoms. The maximum atomic E-state index is 12.9. The zero-order valence-corrected chi connectivity index (χ0v) is 18.3. The van der Waals surface area contributed by atoms with Gasteiger partial charge < -0.3 is 9.73 Å². The number of hydrogen-bond acceptors (Lipinski definition) is 5. The second-order valence-electron chi connectivity index (χ2n) is 8.09. The maximum absolute atomic E-state index is 12.9. The van der Waals surface area contributed by atoms with Crippen molar-refractivity contribution in [3.05, 3.63) is 87.0 Å². The Balaban J connectivity index is 1.67. The molecule has 4 rings (SSSR count). The molecule has 0 fully saturated rings. The first-order chi connectivity index (χ1) is 15.2. The van der Waals surface area contributed by atoms with Gasteiger partial charge in [0.05, 0.1) is 4.92 Å². The molecule has 4 aromatic rings. The summed E-state index contributed by atoms with van der Waals surface area (Å²) in [5, 5.41) is 14.1. The van der Waals surface area contributed by atoms with E-state index in [0.29, 0.717) is 28.6 Å². The molecule has 7 nitrogen and oxygen atoms in total. The Morgan fingerprint density at radius 1 is 1.09 bits per heavy atom. The lowest BCUT2D eigenvalue weighted by Gasteiger charge is -2.11. The fraction of sp³-hybridized carbons (Fsp3) is 0.200. The monoisotopic (exact) mass is 429 g/mol. The average Bonchev–Trinajstić information content (AvgIpc) is 3.18. The quantitative estimate of drug-likeness (QED) is 0.292. The predicted octanol–water partition coefficient (Wildman–Crippen LogP) is 6.40. The zero-order valence-electron chi connectivity index (χ0n) is 18.3. The summed E-state index contributed by atoms with van der Waals surface area (Å²) < 4.78 is 5.94. The number of anilines is 1. The van der Waals surface area contributed by atoms with E-state index in [1.165, 1.54) is 17.7 Å². The van der Waals surface area contributed by atoms with Crippen LogP contribution in [0.2, 0.25) is 0 Å². The molecule has 0 aliphatic heterocycles. The van der Waals surface area contributed by atoms with Gasteiger partial charge in [0, 0.05) is 28.4 Å². The summed E-state index contributed by atoms with van der Waals surface area (Å²) in [5.41, 5.74) is 5.32. The number of amides is 1. The minimum Gasteiger partial charge on any atom is -0.436 e. The Labute approximate surface area is 185 Å². The summed E-state index contributed by atoms with van der Waals surface area (Å²) in [4.78, 5) is 28.2. The Morgan fingerprint density at radius 2 is 1.88 bits per heavy atom. The van der Waals surface area contributed by atoms with Crippen LogP contribution >= 0.6 is 0 Å². The number of carbonyl (C=O) groups is 1. The number of rotatable bonds is 5. The lowest BCUT2D eigenvalue weighted by atomic mass is 10.0. The number of oxazole rings is 1. The van der Waals surface area contributed by atoms with Gasteiger partial charge in [0.15, 0.2) is 5.58 Å². The van der Waals surface area contributed by atoms with Gasteiger partial charge in [0.25, 0.3) is 11.6 Å². The second kappa shape index (κ2) is 8.26. The van der Waals surface area contributed by atoms with Gasteiger partial charge in [0.1, 0.15) is 5.52 Å². The lowest BCUT2D eigenvalue weighted by Crippen LogP contribution is -2.15. The van der Waals surface area contributed by atoms with Gasteiger partial charge in [-0.2, -0.15) is 0 Å². The van der Waals surface area contributed by atoms with Crippen molar-refractivity contribution in [3.8, 4) is 11.5 Å². The molecule has 0 saturated carbocycles. The number of nitrogens with one attached hydrogen (secondary N) is 1. The van der Waals surface area contributed by atoms with Crippen LogP contribution in [-0.4, -0.2) is 15.8 Å². The summed E-state index contributed by atoms with van der Waals surface area (Å²) in [5.74, 6) is 0.437. The summed E-state index contributed by atoms with van der Waals surface area (Å²) in [6.45, 7) is 7.70. The number of nitro groups is 1. The highest BCUT2D eigenvalue weighted by Gasteiger charge is 2.19. The topological polar surface area (TPSA) is 98.3 Å². The highest BCUT2D eigenvalue weighted by Crippen LogP contribution is 2.30. The number of aryl methyl sites for hydroxylation is 1. The lowest BCUT2D eigenvalue weighted by molar-refractivity contribution is -0.385. The first-order valence-electron chi connectivity index (χ1n) is 10.3. The normalized spacial score (nSPS) is 11.2. The van der Waals surface area contributed by atoms with E-state index in [1.54, 1.807) is 19.1 Å². The van der Waals surface area contributed by atoms with Crippen LogP contribution in [-0.2, 0) is 0 Å². The number of carbonyl (C=O) groups excluding carboxylic acids is 1. The van der Waals surface area contributed by atoms with Gasteiger partial charge in [-0.15, -0.1) is 0 Å². The van der Waals surface area contributed by atoms with E-state index in [9.17, 15) is 14.9 Å². The van der Waals surface area contributed by atoms with Crippen LogP contribution in [0.4, 0.5) is 11.4 Å². The fourth-order valence-electron chi connectivity index (χ4n) is 3.57. The van der Waals surface area contributed by atoms with Crippen LogP contribution < -0.4 is 5.32 Å². The molecular formula is C25H23N3O4. The molecular weight excluding hydrogens is 406 g/mol. The molecule has 0 saturated heterocycles. The van der Waals surface area contributed by atoms with Gasteiger partial charge in [-0.1, -0.05) is 32.0 Å². The van der Waals surface area contributed by atoms with Crippen LogP contribution in [0.15, 0.2) is 59.0 Å². The van der Waals surface area contributed by atoms with E-state index >= 15 is 0 Å². The molecule has 0 radical (unpaired) electrons. The molecule has 0 aliphatic rings. The Hall–Kier alpha value is -4.00. The summed E-state index contributed by atoms with van der Waals surface area (Å²) >= 11 is 0. The third kappa shape index (κ3) is 3.97. The van der Waals surface area contributed by atoms with Crippen molar-refractivity contribution in [1.82, 2.24) is 4.98 Å². The van der Waals surface area contributed by atoms with Gasteiger partial charge in [0.2, 0.25) is 5.89 Å². The zero-order chi connectivity index (χ0) is 23.0. The molecule has 1 heterocycles. The van der Waals surface area contributed by atoms with Crippen LogP contribution in [0.25, 0.3) is 22.6 Å². The molecule has 0 unspecified atom stereocenters. The standard InChI is InChI=1S/C25H23N3O4/c1-14(2)17-10-11-23-21(12-17)27-25(32-23)18-9-8-15(3)20(13-18)26-24(29)19-6-5-7-22(16(19)4)28(30)31/h5-14H,1-4H3,(H,26,29). The Bertz CT molecular complexity index is 1350. The number of nitrogens with zero attached hydrogens (tertiary/aromatic N) is 2. The third-order valence-corrected chi connectivity index (χ3v) is 5.56. The predicted molar refractivity (Wildman–Crippen MR) is 124 cm³/mol. The van der Waals surface area contributed by atoms with E-state index in [-0.39, 0.29) is 11.3 Å². The SMILES string of the molecule is Cc1ccc(-c2nc3cc(C(C)C)ccc3o2)cc1NC(=O)c1cccc([N+](=O)[O-])c1C. The smallest absolute Gasteiger partial charge is 0.273 e. The number of aromatic nitrogens is 1. The molecule has 7 heteroatoms. The van der Waals surface area contributed by atoms with E-state index in [0.717, 1.165) is 16.6 Å². The minimum absolute atomic E-state index is 0.0876. The van der Waals surface area contributed by atoms with Crippen molar-refractivity contribution in [2.75, 3.05) is 5.32 Å². The Kier molecular flexibility index (Phi) is 5.48. The molecule has 162 valence electrons. The van der Waals surface area contributed by atoms with Gasteiger partial charge >= 0.3 is 0 Å². The molecule has 0 spiro atoms. The van der Waals surface area contributed by atoms with Crippen molar-refractivity contribution in [2.45, 2.75) is 33.6 Å². The summed E-state index contributed by atoms with van der Waals surface area (Å²) in [6, 6.07) is 16.0. The largest absolute Gasteiger partial charge is 0.436 e. The molecule has 1 aromatic heterocycles. The summed E-state index contributed by atoms with van der Waals surface area (Å²) in [7, 11) is 0. The van der Waals surface area contributed by atoms with Crippen molar-refractivity contribution < 1.29 is 14.1 Å². The van der Waals surface area contributed by atoms with Crippen LogP contribution in [0.3, 0.4) is 0 Å². The third-order valence-electron chi connectivity index (χ3n) is 5.56. The van der Waals surface area contributed by atoms with E-state index < -0.39 is 10.8 Å². The van der Waals surface area contributed by atoms with Gasteiger partial charge in [-0.3, -0.25) is 14.9 Å². The number of nitro benzene ring substituents is 1. The van der Waals surface area contributed by atoms with Crippen LogP contribution in [0.5, 0.6) is 0 Å². The first-order valence-corrected chi connectivity index (χ1v) is 10.3. The molecule has 1 amide bonds. The first kappa shape index (κ1) is 21.2. The van der Waals surface area contributed by atoms with Crippen molar-refractivity contribution in [3.63, 3.8) is 0 Å². The maximum Gasteiger partial charge on any atom is 0.273 e. The minimum atomic E-state index is -0.490. The number of fused-ring (bicyclic) bond motifs is 1. The van der Waals surface area contributed by atoms with Crippen molar-refractivity contribution >= 4 is 28.4 Å². The highest BCUT2D eigenvalue weighted by atomic mass is 16.6. The summed E-state index contributed by atoms with van der Waals surface area (Å²) in [6.07, 6.45) is 0. The molecule has 3 aromatic carbocycles. The molecule has 0 aliphatic carbocycles. The van der Waals surface area contributed by atoms with E-state index in [4.69, 9.17) is 4.42 Å². The molecule has 0 atom stereocenters. The molecule has 1 N–H and O–H groups in total. The van der Waals surface area contributed by atoms with Crippen molar-refractivity contribution in [2.24, 2.45) is 0 Å². The van der Waals surface area contributed by atoms with Gasteiger partial charge in [-0.05, 0) is 61.2 Å². The fourth-order valence-corrected chi connectivity index (χ4v) is 3.57. The van der Waals surface area contributed by atoms with Crippen molar-refractivity contribution in [1.29, 1.82) is 0 Å². The average molecular weight is 429 g/mol.